The van der Waals surface area contributed by atoms with Gasteiger partial charge in [0.2, 0.25) is 5.91 Å². The molecule has 0 saturated carbocycles. The van der Waals surface area contributed by atoms with Crippen LogP contribution in [-0.4, -0.2) is 11.8 Å². The van der Waals surface area contributed by atoms with Gasteiger partial charge in [-0.2, -0.15) is 0 Å². The molecule has 2 amide bonds. The molecule has 2 aromatic carbocycles. The van der Waals surface area contributed by atoms with Crippen LogP contribution in [0.4, 0.5) is 15.8 Å². The van der Waals surface area contributed by atoms with Crippen molar-refractivity contribution in [2.24, 2.45) is 0 Å². The topological polar surface area (TPSA) is 58.2 Å². The summed E-state index contributed by atoms with van der Waals surface area (Å²) in [5.74, 6) is -0.870. The van der Waals surface area contributed by atoms with Crippen LogP contribution in [0.15, 0.2) is 42.5 Å². The average Bonchev–Trinajstić information content (AvgIpc) is 2.41. The minimum atomic E-state index is -0.348. The molecule has 2 rings (SSSR count). The van der Waals surface area contributed by atoms with Crippen LogP contribution in [0.1, 0.15) is 22.8 Å². The Labute approximate surface area is 122 Å². The van der Waals surface area contributed by atoms with Gasteiger partial charge in [0.1, 0.15) is 5.82 Å². The van der Waals surface area contributed by atoms with Crippen LogP contribution >= 0.6 is 0 Å². The molecule has 4 nitrogen and oxygen atoms in total. The molecule has 0 fully saturated rings. The number of halogens is 1. The molecule has 2 N–H and O–H groups in total. The van der Waals surface area contributed by atoms with E-state index in [-0.39, 0.29) is 17.6 Å². The Bertz CT molecular complexity index is 698. The van der Waals surface area contributed by atoms with Crippen LogP contribution in [0.2, 0.25) is 0 Å². The number of aryl methyl sites for hydroxylation is 1. The molecule has 0 aliphatic rings. The van der Waals surface area contributed by atoms with Crippen molar-refractivity contribution in [1.82, 2.24) is 0 Å². The molecular weight excluding hydrogens is 271 g/mol. The molecule has 21 heavy (non-hydrogen) atoms. The Balaban J connectivity index is 2.15. The van der Waals surface area contributed by atoms with Gasteiger partial charge in [-0.05, 0) is 48.9 Å². The van der Waals surface area contributed by atoms with Crippen LogP contribution < -0.4 is 10.6 Å². The monoisotopic (exact) mass is 286 g/mol. The van der Waals surface area contributed by atoms with Crippen LogP contribution in [-0.2, 0) is 4.79 Å². The highest BCUT2D eigenvalue weighted by molar-refractivity contribution is 6.04. The summed E-state index contributed by atoms with van der Waals surface area (Å²) in [6, 6.07) is 11.0. The second-order valence-electron chi connectivity index (χ2n) is 4.68. The van der Waals surface area contributed by atoms with Gasteiger partial charge in [-0.1, -0.05) is 6.07 Å². The summed E-state index contributed by atoms with van der Waals surface area (Å²) in [6.45, 7) is 3.01. The number of rotatable bonds is 3. The van der Waals surface area contributed by atoms with Crippen molar-refractivity contribution in [3.63, 3.8) is 0 Å². The first kappa shape index (κ1) is 14.7. The molecule has 108 valence electrons. The van der Waals surface area contributed by atoms with Gasteiger partial charge in [-0.3, -0.25) is 9.59 Å². The van der Waals surface area contributed by atoms with Crippen molar-refractivity contribution < 1.29 is 14.0 Å². The lowest BCUT2D eigenvalue weighted by atomic mass is 10.1. The maximum absolute atomic E-state index is 13.2. The van der Waals surface area contributed by atoms with Gasteiger partial charge in [0.05, 0.1) is 0 Å². The molecule has 0 radical (unpaired) electrons. The maximum Gasteiger partial charge on any atom is 0.255 e. The second kappa shape index (κ2) is 6.17. The number of hydrogen-bond acceptors (Lipinski definition) is 2. The number of anilines is 2. The van der Waals surface area contributed by atoms with Gasteiger partial charge >= 0.3 is 0 Å². The summed E-state index contributed by atoms with van der Waals surface area (Å²) in [5.41, 5.74) is 1.93. The van der Waals surface area contributed by atoms with E-state index in [4.69, 9.17) is 0 Å². The second-order valence-corrected chi connectivity index (χ2v) is 4.68. The molecule has 0 unspecified atom stereocenters. The molecule has 0 aromatic heterocycles. The van der Waals surface area contributed by atoms with Crippen LogP contribution in [0.5, 0.6) is 0 Å². The predicted octanol–water partition coefficient (Wildman–Crippen LogP) is 3.34. The third-order valence-corrected chi connectivity index (χ3v) is 2.86. The van der Waals surface area contributed by atoms with Crippen LogP contribution in [0, 0.1) is 12.7 Å². The lowest BCUT2D eigenvalue weighted by Gasteiger charge is -2.08. The molecule has 0 heterocycles. The summed E-state index contributed by atoms with van der Waals surface area (Å²) >= 11 is 0. The molecule has 0 aliphatic carbocycles. The van der Waals surface area contributed by atoms with Crippen molar-refractivity contribution in [3.8, 4) is 0 Å². The SMILES string of the molecule is CC(=O)Nc1cccc(NC(=O)c2ccc(F)c(C)c2)c1. The molecule has 2 aromatic rings. The van der Waals surface area contributed by atoms with Crippen molar-refractivity contribution in [2.75, 3.05) is 10.6 Å². The summed E-state index contributed by atoms with van der Waals surface area (Å²) in [4.78, 5) is 23.1. The summed E-state index contributed by atoms with van der Waals surface area (Å²) in [7, 11) is 0. The normalized spacial score (nSPS) is 10.0. The van der Waals surface area contributed by atoms with Crippen molar-refractivity contribution in [2.45, 2.75) is 13.8 Å². The fraction of sp³-hybridized carbons (Fsp3) is 0.125. The highest BCUT2D eigenvalue weighted by atomic mass is 19.1. The number of hydrogen-bond donors (Lipinski definition) is 2. The molecular formula is C16H15FN2O2. The van der Waals surface area contributed by atoms with Crippen molar-refractivity contribution in [1.29, 1.82) is 0 Å². The van der Waals surface area contributed by atoms with E-state index in [1.54, 1.807) is 31.2 Å². The number of amides is 2. The average molecular weight is 286 g/mol. The van der Waals surface area contributed by atoms with E-state index in [0.29, 0.717) is 22.5 Å². The molecule has 0 saturated heterocycles. The fourth-order valence-electron chi connectivity index (χ4n) is 1.87. The first-order valence-electron chi connectivity index (χ1n) is 6.41. The predicted molar refractivity (Wildman–Crippen MR) is 79.8 cm³/mol. The smallest absolute Gasteiger partial charge is 0.255 e. The lowest BCUT2D eigenvalue weighted by molar-refractivity contribution is -0.114. The number of carbonyl (C=O) groups is 2. The molecule has 5 heteroatoms. The Hall–Kier alpha value is -2.69. The third-order valence-electron chi connectivity index (χ3n) is 2.86. The van der Waals surface area contributed by atoms with Gasteiger partial charge in [-0.15, -0.1) is 0 Å². The van der Waals surface area contributed by atoms with E-state index in [1.165, 1.54) is 25.1 Å². The van der Waals surface area contributed by atoms with Gasteiger partial charge in [0, 0.05) is 23.9 Å². The summed E-state index contributed by atoms with van der Waals surface area (Å²) in [5, 5.41) is 5.34. The lowest BCUT2D eigenvalue weighted by Crippen LogP contribution is -2.13. The summed E-state index contributed by atoms with van der Waals surface area (Å²) < 4.78 is 13.2. The third kappa shape index (κ3) is 3.89. The minimum Gasteiger partial charge on any atom is -0.326 e. The molecule has 0 bridgehead atoms. The quantitative estimate of drug-likeness (QED) is 0.909. The molecule has 0 spiro atoms. The Kier molecular flexibility index (Phi) is 4.33. The Morgan fingerprint density at radius 2 is 1.67 bits per heavy atom. The highest BCUT2D eigenvalue weighted by Gasteiger charge is 2.08. The van der Waals surface area contributed by atoms with E-state index >= 15 is 0 Å². The van der Waals surface area contributed by atoms with E-state index in [9.17, 15) is 14.0 Å². The fourth-order valence-corrected chi connectivity index (χ4v) is 1.87. The van der Waals surface area contributed by atoms with E-state index in [1.807, 2.05) is 0 Å². The van der Waals surface area contributed by atoms with Gasteiger partial charge in [0.25, 0.3) is 5.91 Å². The number of carbonyl (C=O) groups excluding carboxylic acids is 2. The van der Waals surface area contributed by atoms with Crippen molar-refractivity contribution in [3.05, 3.63) is 59.4 Å². The zero-order valence-electron chi connectivity index (χ0n) is 11.7. The summed E-state index contributed by atoms with van der Waals surface area (Å²) in [6.07, 6.45) is 0. The van der Waals surface area contributed by atoms with Crippen LogP contribution in [0.25, 0.3) is 0 Å². The largest absolute Gasteiger partial charge is 0.326 e. The number of benzene rings is 2. The first-order valence-corrected chi connectivity index (χ1v) is 6.41. The Morgan fingerprint density at radius 1 is 1.00 bits per heavy atom. The van der Waals surface area contributed by atoms with Crippen molar-refractivity contribution >= 4 is 23.2 Å². The minimum absolute atomic E-state index is 0.187. The Morgan fingerprint density at radius 3 is 2.29 bits per heavy atom. The molecule has 0 aliphatic heterocycles. The van der Waals surface area contributed by atoms with E-state index in [0.717, 1.165) is 0 Å². The maximum atomic E-state index is 13.2. The van der Waals surface area contributed by atoms with Gasteiger partial charge < -0.3 is 10.6 Å². The van der Waals surface area contributed by atoms with E-state index < -0.39 is 0 Å². The zero-order chi connectivity index (χ0) is 15.4. The zero-order valence-corrected chi connectivity index (χ0v) is 11.7. The standard InChI is InChI=1S/C16H15FN2O2/c1-10-8-12(6-7-15(10)17)16(21)19-14-5-3-4-13(9-14)18-11(2)20/h3-9H,1-2H3,(H,18,20)(H,19,21). The molecule has 0 atom stereocenters. The van der Waals surface area contributed by atoms with Crippen LogP contribution in [0.3, 0.4) is 0 Å². The van der Waals surface area contributed by atoms with Gasteiger partial charge in [-0.25, -0.2) is 4.39 Å². The highest BCUT2D eigenvalue weighted by Crippen LogP contribution is 2.17. The first-order chi connectivity index (χ1) is 9.95. The van der Waals surface area contributed by atoms with Gasteiger partial charge in [0.15, 0.2) is 0 Å². The van der Waals surface area contributed by atoms with E-state index in [2.05, 4.69) is 10.6 Å². The number of nitrogens with one attached hydrogen (secondary N) is 2.